The fourth-order valence-corrected chi connectivity index (χ4v) is 2.33. The molecule has 2 rings (SSSR count). The van der Waals surface area contributed by atoms with Gasteiger partial charge in [-0.1, -0.05) is 18.2 Å². The summed E-state index contributed by atoms with van der Waals surface area (Å²) in [6.07, 6.45) is 0. The number of ether oxygens (including phenoxy) is 1. The highest BCUT2D eigenvalue weighted by Gasteiger charge is 2.01. The smallest absolute Gasteiger partial charge is 0.191 e. The van der Waals surface area contributed by atoms with Gasteiger partial charge in [0.1, 0.15) is 11.6 Å². The summed E-state index contributed by atoms with van der Waals surface area (Å²) in [5.74, 6) is 1.33. The number of aliphatic imine (C=N–C) groups is 1. The molecule has 0 bridgehead atoms. The van der Waals surface area contributed by atoms with Gasteiger partial charge >= 0.3 is 0 Å². The van der Waals surface area contributed by atoms with Crippen molar-refractivity contribution >= 4 is 5.96 Å². The van der Waals surface area contributed by atoms with E-state index in [0.717, 1.165) is 34.9 Å². The van der Waals surface area contributed by atoms with Gasteiger partial charge in [0.25, 0.3) is 0 Å². The molecule has 2 N–H and O–H groups in total. The molecule has 0 aromatic heterocycles. The Hall–Kier alpha value is -2.56. The van der Waals surface area contributed by atoms with Crippen LogP contribution in [0.5, 0.6) is 5.75 Å². The average molecular weight is 329 g/mol. The van der Waals surface area contributed by atoms with E-state index in [1.54, 1.807) is 19.2 Å². The molecule has 2 aromatic carbocycles. The highest BCUT2D eigenvalue weighted by molar-refractivity contribution is 5.79. The molecule has 0 aliphatic carbocycles. The Kier molecular flexibility index (Phi) is 6.61. The number of guanidine groups is 1. The molecule has 0 aliphatic rings. The maximum Gasteiger partial charge on any atom is 0.191 e. The second-order valence-corrected chi connectivity index (χ2v) is 5.53. The van der Waals surface area contributed by atoms with Crippen LogP contribution < -0.4 is 15.4 Å². The maximum atomic E-state index is 12.9. The van der Waals surface area contributed by atoms with Gasteiger partial charge in [-0.3, -0.25) is 0 Å². The SMILES string of the molecule is CCNC(=NCc1cc(C)cc(OC)c1)NCc1ccc(F)cc1. The summed E-state index contributed by atoms with van der Waals surface area (Å²) in [7, 11) is 1.66. The first-order chi connectivity index (χ1) is 11.6. The number of benzene rings is 2. The van der Waals surface area contributed by atoms with Crippen LogP contribution in [0, 0.1) is 12.7 Å². The lowest BCUT2D eigenvalue weighted by Crippen LogP contribution is -2.36. The number of methoxy groups -OCH3 is 1. The van der Waals surface area contributed by atoms with Crippen molar-refractivity contribution in [1.82, 2.24) is 10.6 Å². The van der Waals surface area contributed by atoms with Crippen LogP contribution in [0.2, 0.25) is 0 Å². The van der Waals surface area contributed by atoms with Crippen LogP contribution in [0.25, 0.3) is 0 Å². The lowest BCUT2D eigenvalue weighted by molar-refractivity contribution is 0.414. The quantitative estimate of drug-likeness (QED) is 0.631. The van der Waals surface area contributed by atoms with Crippen LogP contribution in [0.3, 0.4) is 0 Å². The Morgan fingerprint density at radius 1 is 1.08 bits per heavy atom. The van der Waals surface area contributed by atoms with E-state index in [4.69, 9.17) is 4.74 Å². The first-order valence-corrected chi connectivity index (χ1v) is 8.02. The third-order valence-electron chi connectivity index (χ3n) is 3.48. The zero-order valence-electron chi connectivity index (χ0n) is 14.4. The van der Waals surface area contributed by atoms with Crippen molar-refractivity contribution in [3.05, 3.63) is 65.0 Å². The Morgan fingerprint density at radius 3 is 2.50 bits per heavy atom. The number of hydrogen-bond donors (Lipinski definition) is 2. The van der Waals surface area contributed by atoms with E-state index < -0.39 is 0 Å². The monoisotopic (exact) mass is 329 g/mol. The zero-order valence-corrected chi connectivity index (χ0v) is 14.4. The minimum Gasteiger partial charge on any atom is -0.497 e. The van der Waals surface area contributed by atoms with Crippen LogP contribution in [0.4, 0.5) is 4.39 Å². The Labute approximate surface area is 142 Å². The van der Waals surface area contributed by atoms with Crippen LogP contribution in [0.1, 0.15) is 23.6 Å². The molecule has 0 aliphatic heterocycles. The Morgan fingerprint density at radius 2 is 1.83 bits per heavy atom. The van der Waals surface area contributed by atoms with E-state index in [2.05, 4.69) is 21.7 Å². The van der Waals surface area contributed by atoms with Gasteiger partial charge in [-0.25, -0.2) is 9.38 Å². The number of rotatable bonds is 6. The molecule has 0 amide bonds. The summed E-state index contributed by atoms with van der Waals surface area (Å²) in [5.41, 5.74) is 3.23. The van der Waals surface area contributed by atoms with Crippen molar-refractivity contribution in [3.63, 3.8) is 0 Å². The highest BCUT2D eigenvalue weighted by atomic mass is 19.1. The van der Waals surface area contributed by atoms with Gasteiger partial charge in [-0.05, 0) is 54.8 Å². The normalized spacial score (nSPS) is 11.2. The minimum atomic E-state index is -0.229. The molecule has 4 nitrogen and oxygen atoms in total. The van der Waals surface area contributed by atoms with Gasteiger partial charge in [0.05, 0.1) is 13.7 Å². The highest BCUT2D eigenvalue weighted by Crippen LogP contribution is 2.17. The molecule has 0 radical (unpaired) electrons. The van der Waals surface area contributed by atoms with Crippen LogP contribution in [0.15, 0.2) is 47.5 Å². The first kappa shape index (κ1) is 17.8. The van der Waals surface area contributed by atoms with Gasteiger partial charge in [-0.15, -0.1) is 0 Å². The number of nitrogens with one attached hydrogen (secondary N) is 2. The summed E-state index contributed by atoms with van der Waals surface area (Å²) in [6.45, 7) is 5.96. The van der Waals surface area contributed by atoms with Gasteiger partial charge in [-0.2, -0.15) is 0 Å². The van der Waals surface area contributed by atoms with Crippen molar-refractivity contribution in [2.75, 3.05) is 13.7 Å². The van der Waals surface area contributed by atoms with Crippen molar-refractivity contribution in [3.8, 4) is 5.75 Å². The standard InChI is InChI=1S/C19H24FN3O/c1-4-21-19(22-12-15-5-7-17(20)8-6-15)23-13-16-9-14(2)10-18(11-16)24-3/h5-11H,4,12-13H2,1-3H3,(H2,21,22,23). The largest absolute Gasteiger partial charge is 0.497 e. The molecule has 2 aromatic rings. The van der Waals surface area contributed by atoms with Gasteiger partial charge in [0, 0.05) is 13.1 Å². The predicted octanol–water partition coefficient (Wildman–Crippen LogP) is 3.40. The van der Waals surface area contributed by atoms with E-state index in [1.807, 2.05) is 26.0 Å². The number of aryl methyl sites for hydroxylation is 1. The van der Waals surface area contributed by atoms with E-state index in [1.165, 1.54) is 12.1 Å². The predicted molar refractivity (Wildman–Crippen MR) is 95.8 cm³/mol. The summed E-state index contributed by atoms with van der Waals surface area (Å²) < 4.78 is 18.2. The zero-order chi connectivity index (χ0) is 17.4. The van der Waals surface area contributed by atoms with E-state index in [9.17, 15) is 4.39 Å². The van der Waals surface area contributed by atoms with Gasteiger partial charge < -0.3 is 15.4 Å². The van der Waals surface area contributed by atoms with Crippen molar-refractivity contribution in [1.29, 1.82) is 0 Å². The third-order valence-corrected chi connectivity index (χ3v) is 3.48. The maximum absolute atomic E-state index is 12.9. The Balaban J connectivity index is 2.02. The van der Waals surface area contributed by atoms with Crippen molar-refractivity contribution < 1.29 is 9.13 Å². The number of nitrogens with zero attached hydrogens (tertiary/aromatic N) is 1. The van der Waals surface area contributed by atoms with Crippen LogP contribution in [-0.4, -0.2) is 19.6 Å². The second-order valence-electron chi connectivity index (χ2n) is 5.53. The average Bonchev–Trinajstić information content (AvgIpc) is 2.58. The fraction of sp³-hybridized carbons (Fsp3) is 0.316. The molecule has 24 heavy (non-hydrogen) atoms. The summed E-state index contributed by atoms with van der Waals surface area (Å²) in [5, 5.41) is 6.47. The van der Waals surface area contributed by atoms with Gasteiger partial charge in [0.15, 0.2) is 5.96 Å². The molecular formula is C19H24FN3O. The lowest BCUT2D eigenvalue weighted by atomic mass is 10.1. The molecule has 0 unspecified atom stereocenters. The molecule has 0 saturated carbocycles. The third kappa shape index (κ3) is 5.57. The lowest BCUT2D eigenvalue weighted by Gasteiger charge is -2.12. The van der Waals surface area contributed by atoms with Crippen molar-refractivity contribution in [2.45, 2.75) is 26.9 Å². The molecule has 0 heterocycles. The second kappa shape index (κ2) is 8.91. The topological polar surface area (TPSA) is 45.7 Å². The van der Waals surface area contributed by atoms with E-state index in [0.29, 0.717) is 13.1 Å². The Bertz CT molecular complexity index is 684. The molecule has 0 fully saturated rings. The van der Waals surface area contributed by atoms with Crippen LogP contribution >= 0.6 is 0 Å². The molecule has 0 saturated heterocycles. The van der Waals surface area contributed by atoms with Crippen molar-refractivity contribution in [2.24, 2.45) is 4.99 Å². The molecule has 5 heteroatoms. The minimum absolute atomic E-state index is 0.229. The number of halogens is 1. The number of hydrogen-bond acceptors (Lipinski definition) is 2. The van der Waals surface area contributed by atoms with Gasteiger partial charge in [0.2, 0.25) is 0 Å². The van der Waals surface area contributed by atoms with E-state index in [-0.39, 0.29) is 5.82 Å². The molecule has 0 atom stereocenters. The van der Waals surface area contributed by atoms with Crippen LogP contribution in [-0.2, 0) is 13.1 Å². The molecular weight excluding hydrogens is 305 g/mol. The molecule has 0 spiro atoms. The summed E-state index contributed by atoms with van der Waals surface area (Å²) in [6, 6.07) is 12.5. The fourth-order valence-electron chi connectivity index (χ4n) is 2.33. The summed E-state index contributed by atoms with van der Waals surface area (Å²) >= 11 is 0. The van der Waals surface area contributed by atoms with E-state index >= 15 is 0 Å². The molecule has 128 valence electrons. The summed E-state index contributed by atoms with van der Waals surface area (Å²) in [4.78, 5) is 4.60. The first-order valence-electron chi connectivity index (χ1n) is 8.02.